The summed E-state index contributed by atoms with van der Waals surface area (Å²) in [6, 6.07) is 7.47. The summed E-state index contributed by atoms with van der Waals surface area (Å²) in [6.45, 7) is 2.93. The average Bonchev–Trinajstić information content (AvgIpc) is 2.61. The Labute approximate surface area is 151 Å². The Kier molecular flexibility index (Phi) is 5.98. The fourth-order valence-electron chi connectivity index (χ4n) is 1.78. The van der Waals surface area contributed by atoms with Gasteiger partial charge in [0.1, 0.15) is 5.75 Å². The number of aromatic nitrogens is 2. The third-order valence-corrected chi connectivity index (χ3v) is 4.98. The van der Waals surface area contributed by atoms with Gasteiger partial charge in [0.05, 0.1) is 31.1 Å². The smallest absolute Gasteiger partial charge is 0.328 e. The number of hydrogen-bond acceptors (Lipinski definition) is 8. The fraction of sp³-hybridized carbons (Fsp3) is 0.312. The lowest BCUT2D eigenvalue weighted by Gasteiger charge is -2.13. The second-order valence-corrected chi connectivity index (χ2v) is 7.60. The van der Waals surface area contributed by atoms with Crippen molar-refractivity contribution >= 4 is 15.9 Å². The zero-order valence-corrected chi connectivity index (χ0v) is 15.5. The van der Waals surface area contributed by atoms with Crippen LogP contribution in [-0.2, 0) is 10.0 Å². The highest BCUT2D eigenvalue weighted by atomic mass is 32.2. The zero-order chi connectivity index (χ0) is 19.3. The molecule has 2 rings (SSSR count). The predicted octanol–water partition coefficient (Wildman–Crippen LogP) is 1.75. The third-order valence-electron chi connectivity index (χ3n) is 3.27. The van der Waals surface area contributed by atoms with Crippen molar-refractivity contribution in [2.45, 2.75) is 19.1 Å². The molecule has 0 unspecified atom stereocenters. The van der Waals surface area contributed by atoms with Crippen molar-refractivity contribution in [3.8, 4) is 23.5 Å². The van der Waals surface area contributed by atoms with Gasteiger partial charge in [-0.15, -0.1) is 0 Å². The van der Waals surface area contributed by atoms with E-state index in [0.717, 1.165) is 0 Å². The van der Waals surface area contributed by atoms with Crippen molar-refractivity contribution in [3.05, 3.63) is 35.9 Å². The highest BCUT2D eigenvalue weighted by molar-refractivity contribution is 7.90. The van der Waals surface area contributed by atoms with Gasteiger partial charge in [0.25, 0.3) is 5.91 Å². The Bertz CT molecular complexity index is 876. The average molecular weight is 381 g/mol. The number of nitrogens with one attached hydrogen (secondary N) is 1. The Morgan fingerprint density at radius 3 is 2.19 bits per heavy atom. The maximum Gasteiger partial charge on any atom is 0.328 e. The van der Waals surface area contributed by atoms with Crippen LogP contribution in [0, 0.1) is 0 Å². The molecule has 9 nitrogen and oxygen atoms in total. The number of carbonyl (C=O) groups excluding carboxylic acids is 1. The minimum absolute atomic E-state index is 0.0158. The summed E-state index contributed by atoms with van der Waals surface area (Å²) in [6.07, 6.45) is 0. The molecule has 10 heteroatoms. The molecule has 0 aliphatic carbocycles. The number of methoxy groups -OCH3 is 2. The number of nitrogens with zero attached hydrogens (tertiary/aromatic N) is 2. The summed E-state index contributed by atoms with van der Waals surface area (Å²) in [4.78, 5) is 20.4. The summed E-state index contributed by atoms with van der Waals surface area (Å²) in [5.41, 5.74) is 0.0158. The molecule has 1 heterocycles. The second-order valence-electron chi connectivity index (χ2n) is 5.36. The van der Waals surface area contributed by atoms with E-state index < -0.39 is 21.2 Å². The first kappa shape index (κ1) is 19.4. The summed E-state index contributed by atoms with van der Waals surface area (Å²) in [7, 11) is -0.942. The molecule has 140 valence electrons. The third kappa shape index (κ3) is 4.60. The monoisotopic (exact) mass is 381 g/mol. The molecule has 0 aliphatic heterocycles. The van der Waals surface area contributed by atoms with Crippen molar-refractivity contribution in [2.24, 2.45) is 0 Å². The van der Waals surface area contributed by atoms with E-state index in [2.05, 4.69) is 9.97 Å². The molecule has 0 spiro atoms. The first-order chi connectivity index (χ1) is 12.3. The molecule has 0 saturated carbocycles. The van der Waals surface area contributed by atoms with Gasteiger partial charge in [-0.1, -0.05) is 12.1 Å². The lowest BCUT2D eigenvalue weighted by molar-refractivity contribution is 0.0978. The van der Waals surface area contributed by atoms with Crippen molar-refractivity contribution < 1.29 is 27.4 Å². The van der Waals surface area contributed by atoms with Crippen LogP contribution in [0.15, 0.2) is 30.3 Å². The summed E-state index contributed by atoms with van der Waals surface area (Å²) < 4.78 is 41.5. The van der Waals surface area contributed by atoms with Gasteiger partial charge in [0.15, 0.2) is 0 Å². The Morgan fingerprint density at radius 1 is 1.08 bits per heavy atom. The van der Waals surface area contributed by atoms with Gasteiger partial charge < -0.3 is 14.2 Å². The van der Waals surface area contributed by atoms with E-state index in [1.807, 2.05) is 4.72 Å². The lowest BCUT2D eigenvalue weighted by atomic mass is 10.2. The Balaban J connectivity index is 2.34. The van der Waals surface area contributed by atoms with E-state index >= 15 is 0 Å². The van der Waals surface area contributed by atoms with E-state index in [1.165, 1.54) is 46.3 Å². The topological polar surface area (TPSA) is 117 Å². The van der Waals surface area contributed by atoms with Gasteiger partial charge in [-0.3, -0.25) is 4.79 Å². The van der Waals surface area contributed by atoms with Gasteiger partial charge in [-0.25, -0.2) is 13.1 Å². The van der Waals surface area contributed by atoms with Crippen molar-refractivity contribution in [3.63, 3.8) is 0 Å². The number of amides is 1. The van der Waals surface area contributed by atoms with Crippen molar-refractivity contribution in [1.82, 2.24) is 14.7 Å². The maximum atomic E-state index is 12.4. The van der Waals surface area contributed by atoms with Gasteiger partial charge in [-0.2, -0.15) is 9.97 Å². The maximum absolute atomic E-state index is 12.4. The molecule has 0 aliphatic rings. The molecule has 1 aromatic carbocycles. The van der Waals surface area contributed by atoms with E-state index in [1.54, 1.807) is 12.1 Å². The van der Waals surface area contributed by atoms with Crippen LogP contribution in [0.1, 0.15) is 24.2 Å². The molecular weight excluding hydrogens is 362 g/mol. The van der Waals surface area contributed by atoms with Crippen LogP contribution in [0.5, 0.6) is 23.5 Å². The molecule has 0 saturated heterocycles. The van der Waals surface area contributed by atoms with Crippen LogP contribution in [0.25, 0.3) is 0 Å². The van der Waals surface area contributed by atoms with Gasteiger partial charge >= 0.3 is 6.01 Å². The molecule has 1 amide bonds. The van der Waals surface area contributed by atoms with Crippen LogP contribution in [0.3, 0.4) is 0 Å². The lowest BCUT2D eigenvalue weighted by Crippen LogP contribution is -2.35. The standard InChI is InChI=1S/C16H19N3O6S/c1-10(2)26(21,22)19-15(20)11-7-5-6-8-12(11)25-16-17-13(23-3)9-14(18-16)24-4/h5-10H,1-4H3,(H,19,20). The minimum Gasteiger partial charge on any atom is -0.481 e. The quantitative estimate of drug-likeness (QED) is 0.771. The normalized spacial score (nSPS) is 11.1. The van der Waals surface area contributed by atoms with Gasteiger partial charge in [0.2, 0.25) is 21.8 Å². The molecule has 0 radical (unpaired) electrons. The predicted molar refractivity (Wildman–Crippen MR) is 93.2 cm³/mol. The first-order valence-electron chi connectivity index (χ1n) is 7.56. The number of carbonyl (C=O) groups is 1. The highest BCUT2D eigenvalue weighted by Gasteiger charge is 2.22. The zero-order valence-electron chi connectivity index (χ0n) is 14.7. The van der Waals surface area contributed by atoms with E-state index in [9.17, 15) is 13.2 Å². The molecule has 1 aromatic heterocycles. The largest absolute Gasteiger partial charge is 0.481 e. The SMILES string of the molecule is COc1cc(OC)nc(Oc2ccccc2C(=O)NS(=O)(=O)C(C)C)n1. The summed E-state index contributed by atoms with van der Waals surface area (Å²) in [5.74, 6) is -0.323. The van der Waals surface area contributed by atoms with Crippen LogP contribution >= 0.6 is 0 Å². The molecule has 0 atom stereocenters. The number of hydrogen-bond donors (Lipinski definition) is 1. The molecular formula is C16H19N3O6S. The van der Waals surface area contributed by atoms with Crippen LogP contribution < -0.4 is 18.9 Å². The second kappa shape index (κ2) is 8.00. The Morgan fingerprint density at radius 2 is 1.65 bits per heavy atom. The number of para-hydroxylation sites is 1. The van der Waals surface area contributed by atoms with Gasteiger partial charge in [-0.05, 0) is 26.0 Å². The number of sulfonamides is 1. The van der Waals surface area contributed by atoms with E-state index in [0.29, 0.717) is 0 Å². The molecule has 0 bridgehead atoms. The molecule has 2 aromatic rings. The highest BCUT2D eigenvalue weighted by Crippen LogP contribution is 2.26. The van der Waals surface area contributed by atoms with E-state index in [4.69, 9.17) is 14.2 Å². The van der Waals surface area contributed by atoms with Crippen LogP contribution in [-0.4, -0.2) is 43.8 Å². The number of ether oxygens (including phenoxy) is 3. The molecule has 1 N–H and O–H groups in total. The molecule has 26 heavy (non-hydrogen) atoms. The van der Waals surface area contributed by atoms with Gasteiger partial charge in [0, 0.05) is 0 Å². The van der Waals surface area contributed by atoms with Crippen LogP contribution in [0.4, 0.5) is 0 Å². The summed E-state index contributed by atoms with van der Waals surface area (Å²) in [5, 5.41) is -0.759. The summed E-state index contributed by atoms with van der Waals surface area (Å²) >= 11 is 0. The van der Waals surface area contributed by atoms with Crippen LogP contribution in [0.2, 0.25) is 0 Å². The van der Waals surface area contributed by atoms with Crippen molar-refractivity contribution in [2.75, 3.05) is 14.2 Å². The number of benzene rings is 1. The molecule has 0 fully saturated rings. The minimum atomic E-state index is -3.78. The van der Waals surface area contributed by atoms with E-state index in [-0.39, 0.29) is 29.1 Å². The Hall–Kier alpha value is -2.88. The fourth-order valence-corrected chi connectivity index (χ4v) is 2.39. The number of rotatable bonds is 7. The first-order valence-corrected chi connectivity index (χ1v) is 9.11. The van der Waals surface area contributed by atoms with Crippen molar-refractivity contribution in [1.29, 1.82) is 0 Å².